The zero-order chi connectivity index (χ0) is 32.0. The van der Waals surface area contributed by atoms with Crippen LogP contribution >= 0.6 is 0 Å². The minimum atomic E-state index is -0.259. The van der Waals surface area contributed by atoms with Crippen molar-refractivity contribution >= 4 is 5.97 Å². The van der Waals surface area contributed by atoms with Gasteiger partial charge in [-0.3, -0.25) is 0 Å². The van der Waals surface area contributed by atoms with Gasteiger partial charge in [0.25, 0.3) is 0 Å². The van der Waals surface area contributed by atoms with Crippen LogP contribution in [0.4, 0.5) is 0 Å². The molecule has 0 saturated carbocycles. The Morgan fingerprint density at radius 3 is 1.56 bits per heavy atom. The Kier molecular flexibility index (Phi) is 17.9. The fourth-order valence-electron chi connectivity index (χ4n) is 5.52. The second-order valence-electron chi connectivity index (χ2n) is 12.5. The fourth-order valence-corrected chi connectivity index (χ4v) is 5.52. The Balaban J connectivity index is 1.31. The fraction of sp³-hybridized carbons (Fsp3) is 0.537. The normalized spacial score (nSPS) is 11.7. The Hall–Kier alpha value is -3.27. The number of unbranched alkanes of at least 4 members (excludes halogenated alkanes) is 13. The van der Waals surface area contributed by atoms with Gasteiger partial charge in [-0.25, -0.2) is 4.79 Å². The Morgan fingerprint density at radius 2 is 1.02 bits per heavy atom. The molecule has 4 heteroatoms. The Bertz CT molecular complexity index is 1170. The Morgan fingerprint density at radius 1 is 0.556 bits per heavy atom. The molecule has 3 aromatic carbocycles. The van der Waals surface area contributed by atoms with E-state index in [0.717, 1.165) is 54.1 Å². The molecule has 0 heterocycles. The maximum atomic E-state index is 12.5. The minimum absolute atomic E-state index is 0.0596. The number of hydrogen-bond acceptors (Lipinski definition) is 4. The molecule has 45 heavy (non-hydrogen) atoms. The third-order valence-corrected chi connectivity index (χ3v) is 8.43. The SMILES string of the molecule is CCCCCCCCCCCCCOc1ccc(-c2ccc(OCc3ccc(C(=O)OC(C)CCCCCC)cc3)cc2)cc1. The van der Waals surface area contributed by atoms with Gasteiger partial charge in [0.05, 0.1) is 18.3 Å². The molecular formula is C41H58O4. The lowest BCUT2D eigenvalue weighted by Gasteiger charge is -2.13. The number of esters is 1. The summed E-state index contributed by atoms with van der Waals surface area (Å²) in [6.45, 7) is 7.67. The van der Waals surface area contributed by atoms with Gasteiger partial charge in [0.1, 0.15) is 18.1 Å². The third-order valence-electron chi connectivity index (χ3n) is 8.43. The van der Waals surface area contributed by atoms with E-state index in [1.807, 2.05) is 43.3 Å². The van der Waals surface area contributed by atoms with Gasteiger partial charge in [0.2, 0.25) is 0 Å². The molecular weight excluding hydrogens is 556 g/mol. The number of hydrogen-bond donors (Lipinski definition) is 0. The minimum Gasteiger partial charge on any atom is -0.494 e. The van der Waals surface area contributed by atoms with E-state index >= 15 is 0 Å². The lowest BCUT2D eigenvalue weighted by molar-refractivity contribution is 0.0319. The van der Waals surface area contributed by atoms with Crippen LogP contribution in [0.2, 0.25) is 0 Å². The van der Waals surface area contributed by atoms with Crippen molar-refractivity contribution in [2.75, 3.05) is 6.61 Å². The van der Waals surface area contributed by atoms with E-state index in [1.165, 1.54) is 83.5 Å². The van der Waals surface area contributed by atoms with Crippen LogP contribution in [0.5, 0.6) is 11.5 Å². The van der Waals surface area contributed by atoms with Crippen LogP contribution in [0.3, 0.4) is 0 Å². The van der Waals surface area contributed by atoms with Crippen molar-refractivity contribution in [3.05, 3.63) is 83.9 Å². The molecule has 1 atom stereocenters. The second-order valence-corrected chi connectivity index (χ2v) is 12.5. The lowest BCUT2D eigenvalue weighted by atomic mass is 10.1. The van der Waals surface area contributed by atoms with Crippen LogP contribution in [0.1, 0.15) is 139 Å². The van der Waals surface area contributed by atoms with Crippen LogP contribution in [-0.4, -0.2) is 18.7 Å². The summed E-state index contributed by atoms with van der Waals surface area (Å²) in [5.41, 5.74) is 3.88. The molecule has 0 bridgehead atoms. The van der Waals surface area contributed by atoms with Crippen molar-refractivity contribution < 1.29 is 19.0 Å². The summed E-state index contributed by atoms with van der Waals surface area (Å²) in [5.74, 6) is 1.48. The summed E-state index contributed by atoms with van der Waals surface area (Å²) in [7, 11) is 0. The first-order valence-corrected chi connectivity index (χ1v) is 17.8. The van der Waals surface area contributed by atoms with Crippen molar-refractivity contribution in [1.29, 1.82) is 0 Å². The summed E-state index contributed by atoms with van der Waals surface area (Å²) in [6.07, 6.45) is 20.4. The monoisotopic (exact) mass is 614 g/mol. The first-order chi connectivity index (χ1) is 22.1. The van der Waals surface area contributed by atoms with Crippen LogP contribution in [0.25, 0.3) is 11.1 Å². The number of carbonyl (C=O) groups is 1. The largest absolute Gasteiger partial charge is 0.494 e. The van der Waals surface area contributed by atoms with Gasteiger partial charge >= 0.3 is 5.97 Å². The van der Waals surface area contributed by atoms with Gasteiger partial charge in [-0.15, -0.1) is 0 Å². The molecule has 0 N–H and O–H groups in total. The maximum Gasteiger partial charge on any atom is 0.338 e. The van der Waals surface area contributed by atoms with E-state index in [1.54, 1.807) is 0 Å². The number of rotatable bonds is 24. The van der Waals surface area contributed by atoms with E-state index in [9.17, 15) is 4.79 Å². The van der Waals surface area contributed by atoms with Crippen LogP contribution in [0.15, 0.2) is 72.8 Å². The highest BCUT2D eigenvalue weighted by Gasteiger charge is 2.12. The van der Waals surface area contributed by atoms with Gasteiger partial charge in [-0.2, -0.15) is 0 Å². The molecule has 1 unspecified atom stereocenters. The molecule has 0 amide bonds. The van der Waals surface area contributed by atoms with E-state index in [4.69, 9.17) is 14.2 Å². The predicted molar refractivity (Wildman–Crippen MR) is 188 cm³/mol. The van der Waals surface area contributed by atoms with Gasteiger partial charge in [-0.1, -0.05) is 134 Å². The zero-order valence-corrected chi connectivity index (χ0v) is 28.4. The average Bonchev–Trinajstić information content (AvgIpc) is 3.07. The molecule has 246 valence electrons. The molecule has 3 aromatic rings. The second kappa shape index (κ2) is 22.3. The molecule has 0 aliphatic carbocycles. The van der Waals surface area contributed by atoms with Crippen LogP contribution in [0, 0.1) is 0 Å². The zero-order valence-electron chi connectivity index (χ0n) is 28.4. The lowest BCUT2D eigenvalue weighted by Crippen LogP contribution is -2.15. The summed E-state index contributed by atoms with van der Waals surface area (Å²) in [6, 6.07) is 24.0. The Labute approximate surface area is 273 Å². The average molecular weight is 615 g/mol. The van der Waals surface area contributed by atoms with Gasteiger partial charge in [0, 0.05) is 0 Å². The van der Waals surface area contributed by atoms with Gasteiger partial charge in [0.15, 0.2) is 0 Å². The number of carbonyl (C=O) groups excluding carboxylic acids is 1. The highest BCUT2D eigenvalue weighted by molar-refractivity contribution is 5.89. The van der Waals surface area contributed by atoms with Crippen molar-refractivity contribution in [2.24, 2.45) is 0 Å². The molecule has 0 aliphatic heterocycles. The van der Waals surface area contributed by atoms with Crippen molar-refractivity contribution in [3.63, 3.8) is 0 Å². The highest BCUT2D eigenvalue weighted by Crippen LogP contribution is 2.25. The summed E-state index contributed by atoms with van der Waals surface area (Å²) >= 11 is 0. The van der Waals surface area contributed by atoms with Gasteiger partial charge in [-0.05, 0) is 79.3 Å². The molecule has 4 nitrogen and oxygen atoms in total. The summed E-state index contributed by atoms with van der Waals surface area (Å²) < 4.78 is 17.6. The molecule has 0 fully saturated rings. The molecule has 0 aliphatic rings. The highest BCUT2D eigenvalue weighted by atomic mass is 16.5. The summed E-state index contributed by atoms with van der Waals surface area (Å²) in [4.78, 5) is 12.5. The number of benzene rings is 3. The van der Waals surface area contributed by atoms with E-state index in [0.29, 0.717) is 12.2 Å². The molecule has 3 rings (SSSR count). The maximum absolute atomic E-state index is 12.5. The van der Waals surface area contributed by atoms with Crippen molar-refractivity contribution in [2.45, 2.75) is 136 Å². The van der Waals surface area contributed by atoms with Crippen LogP contribution in [-0.2, 0) is 11.3 Å². The van der Waals surface area contributed by atoms with E-state index in [-0.39, 0.29) is 12.1 Å². The first-order valence-electron chi connectivity index (χ1n) is 17.8. The molecule has 0 radical (unpaired) electrons. The van der Waals surface area contributed by atoms with E-state index < -0.39 is 0 Å². The number of ether oxygens (including phenoxy) is 3. The van der Waals surface area contributed by atoms with Crippen molar-refractivity contribution in [1.82, 2.24) is 0 Å². The quantitative estimate of drug-likeness (QED) is 0.0744. The molecule has 0 saturated heterocycles. The third kappa shape index (κ3) is 15.0. The van der Waals surface area contributed by atoms with E-state index in [2.05, 4.69) is 50.2 Å². The summed E-state index contributed by atoms with van der Waals surface area (Å²) in [5, 5.41) is 0. The molecule has 0 spiro atoms. The first kappa shape index (κ1) is 36.2. The smallest absolute Gasteiger partial charge is 0.338 e. The topological polar surface area (TPSA) is 44.8 Å². The standard InChI is InChI=1S/C41H58O4/c1-4-6-8-10-11-12-13-14-15-16-18-32-43-39-28-24-36(25-29-39)37-26-30-40(31-27-37)44-33-35-20-22-38(23-21-35)41(42)45-34(3)19-17-9-7-5-2/h20-31,34H,4-19,32-33H2,1-3H3. The predicted octanol–water partition coefficient (Wildman–Crippen LogP) is 12.1. The molecule has 0 aromatic heterocycles. The van der Waals surface area contributed by atoms with Crippen LogP contribution < -0.4 is 9.47 Å². The van der Waals surface area contributed by atoms with Gasteiger partial charge < -0.3 is 14.2 Å². The van der Waals surface area contributed by atoms with Crippen molar-refractivity contribution in [3.8, 4) is 22.6 Å².